The molecule has 0 atom stereocenters. The van der Waals surface area contributed by atoms with E-state index in [1.807, 2.05) is 0 Å². The highest BCUT2D eigenvalue weighted by Gasteiger charge is 2.26. The molecule has 1 aliphatic rings. The average Bonchev–Trinajstić information content (AvgIpc) is 2.25. The molecule has 6 heteroatoms. The highest BCUT2D eigenvalue weighted by Crippen LogP contribution is 2.27. The Morgan fingerprint density at radius 3 is 2.38 bits per heavy atom. The van der Waals surface area contributed by atoms with Crippen molar-refractivity contribution in [3.63, 3.8) is 0 Å². The Labute approximate surface area is 111 Å². The lowest BCUT2D eigenvalue weighted by molar-refractivity contribution is 0.0905. The Morgan fingerprint density at radius 1 is 1.31 bits per heavy atom. The molecular formula is C10H16Cl3NO2. The van der Waals surface area contributed by atoms with Crippen LogP contribution in [0.2, 0.25) is 0 Å². The summed E-state index contributed by atoms with van der Waals surface area (Å²) in [4.78, 5) is 13.2. The minimum Gasteiger partial charge on any atom is -0.445 e. The van der Waals surface area contributed by atoms with Gasteiger partial charge in [-0.25, -0.2) is 4.79 Å². The van der Waals surface area contributed by atoms with E-state index in [2.05, 4.69) is 0 Å². The summed E-state index contributed by atoms with van der Waals surface area (Å²) in [6.07, 6.45) is 5.20. The summed E-state index contributed by atoms with van der Waals surface area (Å²) in [5, 5.41) is 0. The molecule has 0 bridgehead atoms. The molecule has 0 heterocycles. The number of nitrogens with zero attached hydrogens (tertiary/aromatic N) is 1. The lowest BCUT2D eigenvalue weighted by Gasteiger charge is -2.30. The van der Waals surface area contributed by atoms with Crippen LogP contribution in [0.1, 0.15) is 32.1 Å². The van der Waals surface area contributed by atoms with Gasteiger partial charge in [0.2, 0.25) is 3.79 Å². The van der Waals surface area contributed by atoms with E-state index in [4.69, 9.17) is 39.5 Å². The third kappa shape index (κ3) is 4.98. The standard InChI is InChI=1S/C10H16Cl3NO2/c1-14(8-5-3-2-4-6-8)9(15)16-7-10(11,12)13/h8H,2-7H2,1H3. The van der Waals surface area contributed by atoms with Gasteiger partial charge in [-0.1, -0.05) is 54.1 Å². The molecule has 0 saturated heterocycles. The van der Waals surface area contributed by atoms with E-state index in [-0.39, 0.29) is 12.6 Å². The molecule has 1 rings (SSSR count). The molecule has 0 N–H and O–H groups in total. The van der Waals surface area contributed by atoms with Crippen molar-refractivity contribution in [2.24, 2.45) is 0 Å². The first-order valence-corrected chi connectivity index (χ1v) is 6.50. The molecule has 1 aliphatic carbocycles. The maximum atomic E-state index is 11.6. The molecule has 0 radical (unpaired) electrons. The number of ether oxygens (including phenoxy) is 1. The van der Waals surface area contributed by atoms with Crippen molar-refractivity contribution in [1.82, 2.24) is 4.90 Å². The minimum atomic E-state index is -1.54. The Balaban J connectivity index is 2.34. The highest BCUT2D eigenvalue weighted by molar-refractivity contribution is 6.67. The first-order chi connectivity index (χ1) is 7.40. The van der Waals surface area contributed by atoms with Gasteiger partial charge in [0, 0.05) is 13.1 Å². The third-order valence-corrected chi connectivity index (χ3v) is 3.10. The molecule has 94 valence electrons. The molecule has 0 aromatic heterocycles. The Hall–Kier alpha value is 0.140. The van der Waals surface area contributed by atoms with Crippen molar-refractivity contribution in [2.75, 3.05) is 13.7 Å². The number of rotatable bonds is 2. The molecule has 1 amide bonds. The molecule has 0 spiro atoms. The highest BCUT2D eigenvalue weighted by atomic mass is 35.6. The molecule has 0 unspecified atom stereocenters. The maximum Gasteiger partial charge on any atom is 0.409 e. The van der Waals surface area contributed by atoms with Gasteiger partial charge < -0.3 is 9.64 Å². The van der Waals surface area contributed by atoms with E-state index in [1.165, 1.54) is 6.42 Å². The van der Waals surface area contributed by atoms with Crippen molar-refractivity contribution in [3.05, 3.63) is 0 Å². The monoisotopic (exact) mass is 287 g/mol. The lowest BCUT2D eigenvalue weighted by Crippen LogP contribution is -2.39. The van der Waals surface area contributed by atoms with Gasteiger partial charge in [0.25, 0.3) is 0 Å². The first kappa shape index (κ1) is 14.2. The van der Waals surface area contributed by atoms with Crippen LogP contribution in [0.25, 0.3) is 0 Å². The van der Waals surface area contributed by atoms with E-state index in [9.17, 15) is 4.79 Å². The zero-order chi connectivity index (χ0) is 12.2. The Morgan fingerprint density at radius 2 is 1.88 bits per heavy atom. The Bertz CT molecular complexity index is 237. The zero-order valence-electron chi connectivity index (χ0n) is 9.22. The van der Waals surface area contributed by atoms with Crippen LogP contribution >= 0.6 is 34.8 Å². The third-order valence-electron chi connectivity index (χ3n) is 2.77. The molecule has 0 aromatic carbocycles. The molecule has 1 fully saturated rings. The van der Waals surface area contributed by atoms with E-state index in [1.54, 1.807) is 11.9 Å². The van der Waals surface area contributed by atoms with Crippen molar-refractivity contribution in [2.45, 2.75) is 41.9 Å². The SMILES string of the molecule is CN(C(=O)OCC(Cl)(Cl)Cl)C1CCCCC1. The number of hydrogen-bond acceptors (Lipinski definition) is 2. The van der Waals surface area contributed by atoms with Crippen LogP contribution in [-0.4, -0.2) is 34.5 Å². The van der Waals surface area contributed by atoms with Gasteiger partial charge in [-0.2, -0.15) is 0 Å². The van der Waals surface area contributed by atoms with Gasteiger partial charge >= 0.3 is 6.09 Å². The second-order valence-corrected chi connectivity index (χ2v) is 6.59. The van der Waals surface area contributed by atoms with Gasteiger partial charge in [-0.15, -0.1) is 0 Å². The van der Waals surface area contributed by atoms with Crippen LogP contribution in [0.4, 0.5) is 4.79 Å². The van der Waals surface area contributed by atoms with Crippen LogP contribution in [-0.2, 0) is 4.74 Å². The zero-order valence-corrected chi connectivity index (χ0v) is 11.5. The summed E-state index contributed by atoms with van der Waals surface area (Å²) in [6.45, 7) is -0.215. The summed E-state index contributed by atoms with van der Waals surface area (Å²) in [6, 6.07) is 0.261. The molecule has 3 nitrogen and oxygen atoms in total. The van der Waals surface area contributed by atoms with Crippen LogP contribution in [0, 0.1) is 0 Å². The number of hydrogen-bond donors (Lipinski definition) is 0. The summed E-state index contributed by atoms with van der Waals surface area (Å²) >= 11 is 16.5. The molecule has 1 saturated carbocycles. The Kier molecular flexibility index (Phi) is 5.48. The van der Waals surface area contributed by atoms with Crippen molar-refractivity contribution >= 4 is 40.9 Å². The quantitative estimate of drug-likeness (QED) is 0.724. The number of carbonyl (C=O) groups excluding carboxylic acids is 1. The number of carbonyl (C=O) groups is 1. The largest absolute Gasteiger partial charge is 0.445 e. The predicted octanol–water partition coefficient (Wildman–Crippen LogP) is 3.76. The van der Waals surface area contributed by atoms with Gasteiger partial charge in [0.15, 0.2) is 0 Å². The van der Waals surface area contributed by atoms with E-state index < -0.39 is 9.89 Å². The molecular weight excluding hydrogens is 272 g/mol. The summed E-state index contributed by atoms with van der Waals surface area (Å²) in [5.74, 6) is 0. The topological polar surface area (TPSA) is 29.5 Å². The molecule has 16 heavy (non-hydrogen) atoms. The van der Waals surface area contributed by atoms with Crippen molar-refractivity contribution < 1.29 is 9.53 Å². The predicted molar refractivity (Wildman–Crippen MR) is 66.3 cm³/mol. The van der Waals surface area contributed by atoms with E-state index in [0.717, 1.165) is 25.7 Å². The van der Waals surface area contributed by atoms with Crippen LogP contribution in [0.3, 0.4) is 0 Å². The van der Waals surface area contributed by atoms with Gasteiger partial charge in [0.1, 0.15) is 6.61 Å². The average molecular weight is 289 g/mol. The van der Waals surface area contributed by atoms with Crippen LogP contribution < -0.4 is 0 Å². The van der Waals surface area contributed by atoms with E-state index in [0.29, 0.717) is 0 Å². The first-order valence-electron chi connectivity index (χ1n) is 5.36. The fourth-order valence-corrected chi connectivity index (χ4v) is 2.03. The molecule has 0 aliphatic heterocycles. The molecule has 0 aromatic rings. The minimum absolute atomic E-state index is 0.215. The summed E-state index contributed by atoms with van der Waals surface area (Å²) in [7, 11) is 1.73. The lowest BCUT2D eigenvalue weighted by atomic mass is 9.95. The fourth-order valence-electron chi connectivity index (χ4n) is 1.86. The number of alkyl halides is 3. The number of halogens is 3. The maximum absolute atomic E-state index is 11.6. The van der Waals surface area contributed by atoms with Crippen LogP contribution in [0.15, 0.2) is 0 Å². The van der Waals surface area contributed by atoms with E-state index >= 15 is 0 Å². The summed E-state index contributed by atoms with van der Waals surface area (Å²) < 4.78 is 3.37. The second kappa shape index (κ2) is 6.18. The number of amides is 1. The van der Waals surface area contributed by atoms with Crippen molar-refractivity contribution in [3.8, 4) is 0 Å². The van der Waals surface area contributed by atoms with Gasteiger partial charge in [-0.3, -0.25) is 0 Å². The fraction of sp³-hybridized carbons (Fsp3) is 0.900. The summed E-state index contributed by atoms with van der Waals surface area (Å²) in [5.41, 5.74) is 0. The van der Waals surface area contributed by atoms with Crippen LogP contribution in [0.5, 0.6) is 0 Å². The normalized spacial score (nSPS) is 18.2. The van der Waals surface area contributed by atoms with Crippen molar-refractivity contribution in [1.29, 1.82) is 0 Å². The smallest absolute Gasteiger partial charge is 0.409 e. The second-order valence-electron chi connectivity index (χ2n) is 4.07. The van der Waals surface area contributed by atoms with Gasteiger partial charge in [0.05, 0.1) is 0 Å². The van der Waals surface area contributed by atoms with Gasteiger partial charge in [-0.05, 0) is 12.8 Å².